The lowest BCUT2D eigenvalue weighted by Crippen LogP contribution is -2.08. The van der Waals surface area contributed by atoms with E-state index < -0.39 is 5.97 Å². The van der Waals surface area contributed by atoms with Gasteiger partial charge in [0.25, 0.3) is 0 Å². The van der Waals surface area contributed by atoms with Crippen molar-refractivity contribution in [1.82, 2.24) is 4.98 Å². The Hall–Kier alpha value is -2.07. The molecule has 0 atom stereocenters. The summed E-state index contributed by atoms with van der Waals surface area (Å²) < 4.78 is 0. The molecular formula is C15H15ClN2O2. The van der Waals surface area contributed by atoms with E-state index in [-0.39, 0.29) is 10.7 Å². The number of hydrogen-bond acceptors (Lipinski definition) is 3. The monoisotopic (exact) mass is 290 g/mol. The molecule has 0 saturated carbocycles. The lowest BCUT2D eigenvalue weighted by molar-refractivity contribution is 0.0697. The molecule has 0 aliphatic carbocycles. The van der Waals surface area contributed by atoms with Gasteiger partial charge in [-0.2, -0.15) is 0 Å². The Bertz CT molecular complexity index is 629. The van der Waals surface area contributed by atoms with Crippen LogP contribution in [0.5, 0.6) is 0 Å². The zero-order valence-corrected chi connectivity index (χ0v) is 11.8. The van der Waals surface area contributed by atoms with Gasteiger partial charge >= 0.3 is 5.97 Å². The van der Waals surface area contributed by atoms with E-state index in [4.69, 9.17) is 16.7 Å². The van der Waals surface area contributed by atoms with Crippen LogP contribution in [0.1, 0.15) is 21.5 Å². The van der Waals surface area contributed by atoms with E-state index in [9.17, 15) is 4.79 Å². The Morgan fingerprint density at radius 1 is 1.35 bits per heavy atom. The SMILES string of the molecule is Cc1ccccc1CCNc1cc(C(=O)O)cc(Cl)n1. The van der Waals surface area contributed by atoms with Gasteiger partial charge in [-0.25, -0.2) is 9.78 Å². The van der Waals surface area contributed by atoms with Crippen LogP contribution in [0.25, 0.3) is 0 Å². The Morgan fingerprint density at radius 2 is 2.10 bits per heavy atom. The van der Waals surface area contributed by atoms with Gasteiger partial charge in [-0.15, -0.1) is 0 Å². The first-order valence-electron chi connectivity index (χ1n) is 6.25. The molecule has 0 aliphatic rings. The van der Waals surface area contributed by atoms with Crippen LogP contribution in [0.15, 0.2) is 36.4 Å². The fourth-order valence-electron chi connectivity index (χ4n) is 1.93. The first-order valence-corrected chi connectivity index (χ1v) is 6.63. The number of halogens is 1. The largest absolute Gasteiger partial charge is 0.478 e. The molecule has 5 heteroatoms. The van der Waals surface area contributed by atoms with E-state index in [1.807, 2.05) is 12.1 Å². The first-order chi connectivity index (χ1) is 9.56. The van der Waals surface area contributed by atoms with Crippen molar-refractivity contribution in [2.75, 3.05) is 11.9 Å². The van der Waals surface area contributed by atoms with Gasteiger partial charge in [-0.3, -0.25) is 0 Å². The van der Waals surface area contributed by atoms with Crippen molar-refractivity contribution in [2.45, 2.75) is 13.3 Å². The van der Waals surface area contributed by atoms with Crippen LogP contribution in [0.4, 0.5) is 5.82 Å². The van der Waals surface area contributed by atoms with E-state index in [0.29, 0.717) is 12.4 Å². The molecule has 2 N–H and O–H groups in total. The topological polar surface area (TPSA) is 62.2 Å². The maximum atomic E-state index is 10.9. The Labute approximate surface area is 122 Å². The third-order valence-electron chi connectivity index (χ3n) is 3.00. The molecule has 0 amide bonds. The van der Waals surface area contributed by atoms with Crippen LogP contribution in [-0.2, 0) is 6.42 Å². The molecule has 2 aromatic rings. The van der Waals surface area contributed by atoms with Crippen molar-refractivity contribution < 1.29 is 9.90 Å². The van der Waals surface area contributed by atoms with Crippen molar-refractivity contribution in [3.05, 3.63) is 58.2 Å². The smallest absolute Gasteiger partial charge is 0.335 e. The summed E-state index contributed by atoms with van der Waals surface area (Å²) >= 11 is 5.80. The van der Waals surface area contributed by atoms with Crippen LogP contribution < -0.4 is 5.32 Å². The fourth-order valence-corrected chi connectivity index (χ4v) is 2.14. The molecule has 0 spiro atoms. The first kappa shape index (κ1) is 14.3. The summed E-state index contributed by atoms with van der Waals surface area (Å²) in [6.45, 7) is 2.73. The van der Waals surface area contributed by atoms with Gasteiger partial charge in [-0.1, -0.05) is 35.9 Å². The molecule has 1 aromatic carbocycles. The number of nitrogens with one attached hydrogen (secondary N) is 1. The highest BCUT2D eigenvalue weighted by atomic mass is 35.5. The van der Waals surface area contributed by atoms with Gasteiger partial charge in [0.15, 0.2) is 0 Å². The van der Waals surface area contributed by atoms with E-state index >= 15 is 0 Å². The summed E-state index contributed by atoms with van der Waals surface area (Å²) in [5.41, 5.74) is 2.61. The minimum atomic E-state index is -1.02. The third kappa shape index (κ3) is 3.71. The number of carboxylic acid groups (broad SMARTS) is 1. The number of aryl methyl sites for hydroxylation is 1. The van der Waals surface area contributed by atoms with Crippen molar-refractivity contribution >= 4 is 23.4 Å². The van der Waals surface area contributed by atoms with Crippen molar-refractivity contribution in [2.24, 2.45) is 0 Å². The van der Waals surface area contributed by atoms with Crippen LogP contribution in [0, 0.1) is 6.92 Å². The molecule has 0 fully saturated rings. The quantitative estimate of drug-likeness (QED) is 0.829. The number of carbonyl (C=O) groups is 1. The molecule has 4 nitrogen and oxygen atoms in total. The lowest BCUT2D eigenvalue weighted by Gasteiger charge is -2.08. The normalized spacial score (nSPS) is 10.3. The van der Waals surface area contributed by atoms with Crippen molar-refractivity contribution in [3.8, 4) is 0 Å². The van der Waals surface area contributed by atoms with Gasteiger partial charge in [0, 0.05) is 6.54 Å². The number of hydrogen-bond donors (Lipinski definition) is 2. The number of aromatic nitrogens is 1. The highest BCUT2D eigenvalue weighted by Gasteiger charge is 2.07. The molecular weight excluding hydrogens is 276 g/mol. The number of pyridine rings is 1. The van der Waals surface area contributed by atoms with Gasteiger partial charge in [0.1, 0.15) is 11.0 Å². The number of carboxylic acids is 1. The van der Waals surface area contributed by atoms with E-state index in [0.717, 1.165) is 6.42 Å². The second-order valence-electron chi connectivity index (χ2n) is 4.47. The fraction of sp³-hybridized carbons (Fsp3) is 0.200. The summed E-state index contributed by atoms with van der Waals surface area (Å²) in [6.07, 6.45) is 0.837. The van der Waals surface area contributed by atoms with Crippen molar-refractivity contribution in [1.29, 1.82) is 0 Å². The van der Waals surface area contributed by atoms with E-state index in [1.54, 1.807) is 0 Å². The Kier molecular flexibility index (Phi) is 4.58. The summed E-state index contributed by atoms with van der Waals surface area (Å²) in [7, 11) is 0. The van der Waals surface area contributed by atoms with Gasteiger partial charge in [0.2, 0.25) is 0 Å². The molecule has 1 heterocycles. The molecule has 0 unspecified atom stereocenters. The molecule has 20 heavy (non-hydrogen) atoms. The number of nitrogens with zero attached hydrogens (tertiary/aromatic N) is 1. The summed E-state index contributed by atoms with van der Waals surface area (Å²) in [4.78, 5) is 15.0. The second-order valence-corrected chi connectivity index (χ2v) is 4.86. The average molecular weight is 291 g/mol. The van der Waals surface area contributed by atoms with Crippen LogP contribution >= 0.6 is 11.6 Å². The second kappa shape index (κ2) is 6.39. The van der Waals surface area contributed by atoms with Gasteiger partial charge in [0.05, 0.1) is 5.56 Å². The van der Waals surface area contributed by atoms with E-state index in [1.165, 1.54) is 23.3 Å². The molecule has 0 bridgehead atoms. The maximum absolute atomic E-state index is 10.9. The van der Waals surface area contributed by atoms with Gasteiger partial charge < -0.3 is 10.4 Å². The summed E-state index contributed by atoms with van der Waals surface area (Å²) in [5.74, 6) is -0.542. The highest BCUT2D eigenvalue weighted by Crippen LogP contribution is 2.15. The number of benzene rings is 1. The third-order valence-corrected chi connectivity index (χ3v) is 3.20. The predicted molar refractivity (Wildman–Crippen MR) is 79.6 cm³/mol. The molecule has 104 valence electrons. The molecule has 1 aromatic heterocycles. The van der Waals surface area contributed by atoms with Crippen LogP contribution in [0.3, 0.4) is 0 Å². The Balaban J connectivity index is 2.01. The highest BCUT2D eigenvalue weighted by molar-refractivity contribution is 6.29. The maximum Gasteiger partial charge on any atom is 0.335 e. The van der Waals surface area contributed by atoms with Gasteiger partial charge in [-0.05, 0) is 36.6 Å². The summed E-state index contributed by atoms with van der Waals surface area (Å²) in [6, 6.07) is 11.0. The lowest BCUT2D eigenvalue weighted by atomic mass is 10.1. The number of anilines is 1. The zero-order chi connectivity index (χ0) is 14.5. The standard InChI is InChI=1S/C15H15ClN2O2/c1-10-4-2-3-5-11(10)6-7-17-14-9-12(15(19)20)8-13(16)18-14/h2-5,8-9H,6-7H2,1H3,(H,17,18)(H,19,20). The minimum absolute atomic E-state index is 0.128. The number of rotatable bonds is 5. The number of aromatic carboxylic acids is 1. The zero-order valence-electron chi connectivity index (χ0n) is 11.1. The van der Waals surface area contributed by atoms with E-state index in [2.05, 4.69) is 29.4 Å². The molecule has 0 radical (unpaired) electrons. The Morgan fingerprint density at radius 3 is 2.80 bits per heavy atom. The molecule has 0 saturated heterocycles. The van der Waals surface area contributed by atoms with Crippen molar-refractivity contribution in [3.63, 3.8) is 0 Å². The van der Waals surface area contributed by atoms with Crippen LogP contribution in [0.2, 0.25) is 5.15 Å². The van der Waals surface area contributed by atoms with Crippen LogP contribution in [-0.4, -0.2) is 22.6 Å². The minimum Gasteiger partial charge on any atom is -0.478 e. The predicted octanol–water partition coefficient (Wildman–Crippen LogP) is 3.40. The molecule has 2 rings (SSSR count). The molecule has 0 aliphatic heterocycles. The average Bonchev–Trinajstić information content (AvgIpc) is 2.40. The summed E-state index contributed by atoms with van der Waals surface area (Å²) in [5, 5.41) is 12.2.